The highest BCUT2D eigenvalue weighted by Crippen LogP contribution is 2.21. The van der Waals surface area contributed by atoms with Crippen molar-refractivity contribution >= 4 is 23.1 Å². The lowest BCUT2D eigenvalue weighted by Gasteiger charge is -2.10. The molecular formula is C21H19FN6O2. The lowest BCUT2D eigenvalue weighted by molar-refractivity contribution is -0.114. The van der Waals surface area contributed by atoms with Crippen molar-refractivity contribution in [1.82, 2.24) is 19.8 Å². The van der Waals surface area contributed by atoms with Crippen LogP contribution in [0, 0.1) is 5.82 Å². The number of nitrogens with zero attached hydrogens (tertiary/aromatic N) is 4. The monoisotopic (exact) mass is 406 g/mol. The summed E-state index contributed by atoms with van der Waals surface area (Å²) in [7, 11) is 0. The van der Waals surface area contributed by atoms with Gasteiger partial charge >= 0.3 is 0 Å². The summed E-state index contributed by atoms with van der Waals surface area (Å²) in [6.45, 7) is 2.32. The van der Waals surface area contributed by atoms with Gasteiger partial charge in [0.25, 0.3) is 0 Å². The summed E-state index contributed by atoms with van der Waals surface area (Å²) in [4.78, 5) is 11.1. The lowest BCUT2D eigenvalue weighted by Crippen LogP contribution is -2.13. The van der Waals surface area contributed by atoms with Gasteiger partial charge in [0.1, 0.15) is 24.0 Å². The molecule has 152 valence electrons. The lowest BCUT2D eigenvalue weighted by atomic mass is 10.2. The van der Waals surface area contributed by atoms with Crippen LogP contribution in [-0.2, 0) is 4.79 Å². The van der Waals surface area contributed by atoms with Crippen molar-refractivity contribution < 1.29 is 13.9 Å². The first-order valence-corrected chi connectivity index (χ1v) is 9.32. The van der Waals surface area contributed by atoms with Crippen molar-refractivity contribution in [2.45, 2.75) is 6.92 Å². The molecule has 0 spiro atoms. The maximum absolute atomic E-state index is 14.1. The van der Waals surface area contributed by atoms with Gasteiger partial charge in [0.15, 0.2) is 11.5 Å². The van der Waals surface area contributed by atoms with Gasteiger partial charge in [0, 0.05) is 18.7 Å². The molecular weight excluding hydrogens is 387 g/mol. The predicted octanol–water partition coefficient (Wildman–Crippen LogP) is 3.38. The second-order valence-corrected chi connectivity index (χ2v) is 6.48. The average Bonchev–Trinajstić information content (AvgIpc) is 3.14. The quantitative estimate of drug-likeness (QED) is 0.457. The fourth-order valence-electron chi connectivity index (χ4n) is 2.91. The molecule has 8 nitrogen and oxygen atoms in total. The minimum Gasteiger partial charge on any atom is -0.492 e. The average molecular weight is 406 g/mol. The Kier molecular flexibility index (Phi) is 5.51. The molecule has 0 fully saturated rings. The molecule has 0 aliphatic heterocycles. The number of ether oxygens (including phenoxy) is 1. The highest BCUT2D eigenvalue weighted by molar-refractivity contribution is 5.88. The number of amides is 1. The van der Waals surface area contributed by atoms with Crippen LogP contribution < -0.4 is 15.4 Å². The van der Waals surface area contributed by atoms with E-state index in [2.05, 4.69) is 25.9 Å². The second kappa shape index (κ2) is 8.56. The number of hydrogen-bond acceptors (Lipinski definition) is 6. The largest absolute Gasteiger partial charge is 0.492 e. The van der Waals surface area contributed by atoms with Crippen LogP contribution in [0.1, 0.15) is 6.92 Å². The number of halogens is 1. The number of nitrogens with one attached hydrogen (secondary N) is 2. The SMILES string of the molecule is CC(=O)Nc1cccc(OCCNc2ccc3nnc(-c4ccccc4F)n3n2)c1. The van der Waals surface area contributed by atoms with Gasteiger partial charge in [-0.2, -0.15) is 4.52 Å². The Hall–Kier alpha value is -4.01. The predicted molar refractivity (Wildman–Crippen MR) is 111 cm³/mol. The van der Waals surface area contributed by atoms with Crippen LogP contribution >= 0.6 is 0 Å². The molecule has 30 heavy (non-hydrogen) atoms. The summed E-state index contributed by atoms with van der Waals surface area (Å²) in [5, 5.41) is 18.4. The molecule has 1 amide bonds. The van der Waals surface area contributed by atoms with Gasteiger partial charge in [-0.25, -0.2) is 4.39 Å². The molecule has 0 atom stereocenters. The van der Waals surface area contributed by atoms with Gasteiger partial charge < -0.3 is 15.4 Å². The highest BCUT2D eigenvalue weighted by Gasteiger charge is 2.13. The van der Waals surface area contributed by atoms with E-state index in [0.717, 1.165) is 0 Å². The molecule has 0 unspecified atom stereocenters. The van der Waals surface area contributed by atoms with Crippen molar-refractivity contribution in [3.63, 3.8) is 0 Å². The Morgan fingerprint density at radius 2 is 1.97 bits per heavy atom. The first-order valence-electron chi connectivity index (χ1n) is 9.32. The number of hydrogen-bond donors (Lipinski definition) is 2. The molecule has 2 N–H and O–H groups in total. The summed E-state index contributed by atoms with van der Waals surface area (Å²) in [5.74, 6) is 1.03. The van der Waals surface area contributed by atoms with E-state index in [1.165, 1.54) is 17.5 Å². The summed E-state index contributed by atoms with van der Waals surface area (Å²) < 4.78 is 21.3. The normalized spacial score (nSPS) is 10.7. The van der Waals surface area contributed by atoms with Crippen LogP contribution in [0.5, 0.6) is 5.75 Å². The van der Waals surface area contributed by atoms with E-state index >= 15 is 0 Å². The molecule has 0 aliphatic rings. The van der Waals surface area contributed by atoms with E-state index < -0.39 is 0 Å². The third kappa shape index (κ3) is 4.35. The van der Waals surface area contributed by atoms with Crippen molar-refractivity contribution in [2.75, 3.05) is 23.8 Å². The third-order valence-corrected chi connectivity index (χ3v) is 4.21. The van der Waals surface area contributed by atoms with Crippen LogP contribution in [0.3, 0.4) is 0 Å². The van der Waals surface area contributed by atoms with Crippen molar-refractivity contribution in [1.29, 1.82) is 0 Å². The maximum Gasteiger partial charge on any atom is 0.221 e. The fraction of sp³-hybridized carbons (Fsp3) is 0.143. The van der Waals surface area contributed by atoms with E-state index in [1.807, 2.05) is 6.07 Å². The van der Waals surface area contributed by atoms with Crippen LogP contribution in [0.2, 0.25) is 0 Å². The Bertz CT molecular complexity index is 1190. The first kappa shape index (κ1) is 19.3. The number of anilines is 2. The molecule has 0 aliphatic carbocycles. The minimum atomic E-state index is -0.387. The number of carbonyl (C=O) groups excluding carboxylic acids is 1. The molecule has 0 saturated carbocycles. The molecule has 2 heterocycles. The molecule has 2 aromatic heterocycles. The molecule has 0 radical (unpaired) electrons. The van der Waals surface area contributed by atoms with Gasteiger partial charge in [-0.05, 0) is 36.4 Å². The number of benzene rings is 2. The van der Waals surface area contributed by atoms with Crippen molar-refractivity contribution in [3.8, 4) is 17.1 Å². The Labute approximate surface area is 171 Å². The topological polar surface area (TPSA) is 93.4 Å². The number of carbonyl (C=O) groups is 1. The Morgan fingerprint density at radius 3 is 2.80 bits per heavy atom. The molecule has 9 heteroatoms. The van der Waals surface area contributed by atoms with Crippen LogP contribution in [0.4, 0.5) is 15.9 Å². The van der Waals surface area contributed by atoms with Gasteiger partial charge in [-0.3, -0.25) is 4.79 Å². The third-order valence-electron chi connectivity index (χ3n) is 4.21. The smallest absolute Gasteiger partial charge is 0.221 e. The van der Waals surface area contributed by atoms with Crippen LogP contribution in [0.25, 0.3) is 17.0 Å². The number of aromatic nitrogens is 4. The van der Waals surface area contributed by atoms with Gasteiger partial charge in [0.05, 0.1) is 12.1 Å². The summed E-state index contributed by atoms with van der Waals surface area (Å²) in [5.41, 5.74) is 1.52. The van der Waals surface area contributed by atoms with Crippen molar-refractivity contribution in [2.24, 2.45) is 0 Å². The van der Waals surface area contributed by atoms with Gasteiger partial charge in [0.2, 0.25) is 5.91 Å². The number of rotatable bonds is 7. The summed E-state index contributed by atoms with van der Waals surface area (Å²) >= 11 is 0. The molecule has 2 aromatic carbocycles. The molecule has 4 aromatic rings. The number of fused-ring (bicyclic) bond motifs is 1. The maximum atomic E-state index is 14.1. The first-order chi connectivity index (χ1) is 14.6. The molecule has 0 bridgehead atoms. The second-order valence-electron chi connectivity index (χ2n) is 6.48. The summed E-state index contributed by atoms with van der Waals surface area (Å²) in [6, 6.07) is 17.0. The zero-order valence-electron chi connectivity index (χ0n) is 16.2. The Balaban J connectivity index is 1.41. The zero-order valence-corrected chi connectivity index (χ0v) is 16.2. The van der Waals surface area contributed by atoms with E-state index in [9.17, 15) is 9.18 Å². The Morgan fingerprint density at radius 1 is 1.10 bits per heavy atom. The van der Waals surface area contributed by atoms with Crippen LogP contribution in [0.15, 0.2) is 60.7 Å². The van der Waals surface area contributed by atoms with E-state index in [4.69, 9.17) is 4.74 Å². The van der Waals surface area contributed by atoms with E-state index in [1.54, 1.807) is 48.5 Å². The summed E-state index contributed by atoms with van der Waals surface area (Å²) in [6.07, 6.45) is 0. The molecule has 0 saturated heterocycles. The highest BCUT2D eigenvalue weighted by atomic mass is 19.1. The minimum absolute atomic E-state index is 0.140. The van der Waals surface area contributed by atoms with Gasteiger partial charge in [-0.1, -0.05) is 18.2 Å². The fourth-order valence-corrected chi connectivity index (χ4v) is 2.91. The van der Waals surface area contributed by atoms with Crippen molar-refractivity contribution in [3.05, 3.63) is 66.5 Å². The van der Waals surface area contributed by atoms with Crippen LogP contribution in [-0.4, -0.2) is 38.9 Å². The van der Waals surface area contributed by atoms with Gasteiger partial charge in [-0.15, -0.1) is 15.3 Å². The standard InChI is InChI=1S/C21H19FN6O2/c1-14(29)24-15-5-4-6-16(13-15)30-12-11-23-19-9-10-20-25-26-21(28(20)27-19)17-7-2-3-8-18(17)22/h2-10,13H,11-12H2,1H3,(H,23,27)(H,24,29). The van der Waals surface area contributed by atoms with E-state index in [0.29, 0.717) is 47.4 Å². The molecule has 4 rings (SSSR count). The van der Waals surface area contributed by atoms with E-state index in [-0.39, 0.29) is 11.7 Å². The zero-order chi connectivity index (χ0) is 20.9.